The van der Waals surface area contributed by atoms with E-state index in [4.69, 9.17) is 10.5 Å². The third-order valence-corrected chi connectivity index (χ3v) is 3.46. The van der Waals surface area contributed by atoms with Crippen molar-refractivity contribution in [3.8, 4) is 5.75 Å². The van der Waals surface area contributed by atoms with Gasteiger partial charge in [0, 0.05) is 6.04 Å². The first-order chi connectivity index (χ1) is 8.97. The average molecular weight is 261 g/mol. The first kappa shape index (κ1) is 15.8. The fourth-order valence-corrected chi connectivity index (χ4v) is 2.11. The molecule has 0 saturated heterocycles. The molecular formula is C17H27NO. The highest BCUT2D eigenvalue weighted by atomic mass is 16.5. The summed E-state index contributed by atoms with van der Waals surface area (Å²) in [5.41, 5.74) is 10.8. The Morgan fingerprint density at radius 3 is 2.32 bits per heavy atom. The van der Waals surface area contributed by atoms with E-state index in [1.807, 2.05) is 0 Å². The normalized spacial score (nSPS) is 12.3. The molecule has 1 rings (SSSR count). The maximum Gasteiger partial charge on any atom is 0.125 e. The van der Waals surface area contributed by atoms with E-state index >= 15 is 0 Å². The van der Waals surface area contributed by atoms with Crippen LogP contribution in [0.25, 0.3) is 0 Å². The van der Waals surface area contributed by atoms with E-state index < -0.39 is 0 Å². The maximum absolute atomic E-state index is 6.02. The fourth-order valence-electron chi connectivity index (χ4n) is 2.11. The van der Waals surface area contributed by atoms with Crippen LogP contribution in [0.5, 0.6) is 5.75 Å². The number of rotatable bonds is 7. The smallest absolute Gasteiger partial charge is 0.125 e. The van der Waals surface area contributed by atoms with Crippen molar-refractivity contribution < 1.29 is 4.74 Å². The molecule has 2 heteroatoms. The first-order valence-corrected chi connectivity index (χ1v) is 7.13. The molecule has 106 valence electrons. The molecule has 1 aromatic carbocycles. The zero-order chi connectivity index (χ0) is 14.4. The van der Waals surface area contributed by atoms with Gasteiger partial charge < -0.3 is 10.5 Å². The molecule has 0 aliphatic heterocycles. The van der Waals surface area contributed by atoms with Crippen LogP contribution in [0.3, 0.4) is 0 Å². The Hall–Kier alpha value is -1.28. The standard InChI is InChI=1S/C17H27NO/c1-6-12(3)11-19-17-13(4)8-15(9-14(17)5)10-16(18)7-2/h8-9,16H,3,6-7,10-11,18H2,1-2,4-5H3. The Labute approximate surface area is 117 Å². The molecule has 0 radical (unpaired) electrons. The molecule has 0 spiro atoms. The number of ether oxygens (including phenoxy) is 1. The summed E-state index contributed by atoms with van der Waals surface area (Å²) in [6, 6.07) is 4.62. The quantitative estimate of drug-likeness (QED) is 0.755. The van der Waals surface area contributed by atoms with Gasteiger partial charge in [0.2, 0.25) is 0 Å². The van der Waals surface area contributed by atoms with E-state index in [2.05, 4.69) is 46.4 Å². The summed E-state index contributed by atoms with van der Waals surface area (Å²) >= 11 is 0. The van der Waals surface area contributed by atoms with Gasteiger partial charge in [-0.1, -0.05) is 32.6 Å². The summed E-state index contributed by atoms with van der Waals surface area (Å²) in [6.07, 6.45) is 2.90. The lowest BCUT2D eigenvalue weighted by atomic mass is 9.99. The number of hydrogen-bond donors (Lipinski definition) is 1. The highest BCUT2D eigenvalue weighted by molar-refractivity contribution is 5.43. The summed E-state index contributed by atoms with van der Waals surface area (Å²) in [7, 11) is 0. The summed E-state index contributed by atoms with van der Waals surface area (Å²) in [5.74, 6) is 0.989. The Kier molecular flexibility index (Phi) is 6.10. The molecule has 19 heavy (non-hydrogen) atoms. The van der Waals surface area contributed by atoms with Crippen LogP contribution in [-0.2, 0) is 6.42 Å². The highest BCUT2D eigenvalue weighted by Gasteiger charge is 2.09. The molecule has 2 N–H and O–H groups in total. The molecule has 0 heterocycles. The van der Waals surface area contributed by atoms with E-state index in [1.54, 1.807) is 0 Å². The maximum atomic E-state index is 6.02. The summed E-state index contributed by atoms with van der Waals surface area (Å²) < 4.78 is 5.88. The number of hydrogen-bond acceptors (Lipinski definition) is 2. The monoisotopic (exact) mass is 261 g/mol. The van der Waals surface area contributed by atoms with Crippen molar-refractivity contribution in [1.29, 1.82) is 0 Å². The molecule has 0 aliphatic rings. The number of aryl methyl sites for hydroxylation is 2. The Morgan fingerprint density at radius 2 is 1.84 bits per heavy atom. The van der Waals surface area contributed by atoms with Gasteiger partial charge in [0.25, 0.3) is 0 Å². The molecule has 2 nitrogen and oxygen atoms in total. The minimum Gasteiger partial charge on any atom is -0.489 e. The van der Waals surface area contributed by atoms with Gasteiger partial charge in [0.15, 0.2) is 0 Å². The van der Waals surface area contributed by atoms with Crippen LogP contribution in [0.2, 0.25) is 0 Å². The second-order valence-corrected chi connectivity index (χ2v) is 5.32. The second-order valence-electron chi connectivity index (χ2n) is 5.32. The van der Waals surface area contributed by atoms with Crippen LogP contribution < -0.4 is 10.5 Å². The highest BCUT2D eigenvalue weighted by Crippen LogP contribution is 2.26. The van der Waals surface area contributed by atoms with Crippen LogP contribution in [0.4, 0.5) is 0 Å². The van der Waals surface area contributed by atoms with Crippen LogP contribution in [0.15, 0.2) is 24.3 Å². The molecule has 0 aliphatic carbocycles. The van der Waals surface area contributed by atoms with Crippen LogP contribution in [0.1, 0.15) is 43.4 Å². The lowest BCUT2D eigenvalue weighted by molar-refractivity contribution is 0.344. The lowest BCUT2D eigenvalue weighted by Crippen LogP contribution is -2.21. The average Bonchev–Trinajstić information content (AvgIpc) is 2.37. The number of benzene rings is 1. The Bertz CT molecular complexity index is 414. The lowest BCUT2D eigenvalue weighted by Gasteiger charge is -2.16. The third-order valence-electron chi connectivity index (χ3n) is 3.46. The SMILES string of the molecule is C=C(CC)COc1c(C)cc(CC(N)CC)cc1C. The predicted octanol–water partition coefficient (Wildman–Crippen LogP) is 3.93. The van der Waals surface area contributed by atoms with Crippen LogP contribution >= 0.6 is 0 Å². The van der Waals surface area contributed by atoms with E-state index in [1.165, 1.54) is 16.7 Å². The van der Waals surface area contributed by atoms with Crippen molar-refractivity contribution in [2.75, 3.05) is 6.61 Å². The Morgan fingerprint density at radius 1 is 1.26 bits per heavy atom. The van der Waals surface area contributed by atoms with Crippen molar-refractivity contribution in [3.05, 3.63) is 41.0 Å². The van der Waals surface area contributed by atoms with Crippen LogP contribution in [-0.4, -0.2) is 12.6 Å². The van der Waals surface area contributed by atoms with Gasteiger partial charge in [0.05, 0.1) is 0 Å². The van der Waals surface area contributed by atoms with Crippen molar-refractivity contribution in [3.63, 3.8) is 0 Å². The van der Waals surface area contributed by atoms with E-state index in [9.17, 15) is 0 Å². The minimum absolute atomic E-state index is 0.241. The van der Waals surface area contributed by atoms with E-state index in [0.29, 0.717) is 6.61 Å². The molecule has 1 unspecified atom stereocenters. The first-order valence-electron chi connectivity index (χ1n) is 7.13. The largest absolute Gasteiger partial charge is 0.489 e. The fraction of sp³-hybridized carbons (Fsp3) is 0.529. The summed E-state index contributed by atoms with van der Waals surface area (Å²) in [4.78, 5) is 0. The zero-order valence-electron chi connectivity index (χ0n) is 12.8. The van der Waals surface area contributed by atoms with Crippen molar-refractivity contribution in [2.45, 2.75) is 53.0 Å². The second kappa shape index (κ2) is 7.34. The van der Waals surface area contributed by atoms with E-state index in [0.717, 1.165) is 30.6 Å². The summed E-state index contributed by atoms with van der Waals surface area (Å²) in [5, 5.41) is 0. The topological polar surface area (TPSA) is 35.2 Å². The van der Waals surface area contributed by atoms with Crippen molar-refractivity contribution in [1.82, 2.24) is 0 Å². The van der Waals surface area contributed by atoms with Gasteiger partial charge in [-0.25, -0.2) is 0 Å². The van der Waals surface area contributed by atoms with Gasteiger partial charge in [-0.05, 0) is 55.4 Å². The molecule has 0 amide bonds. The molecule has 0 bridgehead atoms. The third kappa shape index (κ3) is 4.71. The molecule has 0 fully saturated rings. The number of nitrogens with two attached hydrogens (primary N) is 1. The van der Waals surface area contributed by atoms with Gasteiger partial charge >= 0.3 is 0 Å². The molecule has 0 aromatic heterocycles. The van der Waals surface area contributed by atoms with E-state index in [-0.39, 0.29) is 6.04 Å². The van der Waals surface area contributed by atoms with Gasteiger partial charge in [-0.2, -0.15) is 0 Å². The predicted molar refractivity (Wildman–Crippen MR) is 82.8 cm³/mol. The van der Waals surface area contributed by atoms with Gasteiger partial charge in [-0.15, -0.1) is 0 Å². The minimum atomic E-state index is 0.241. The molecule has 1 atom stereocenters. The molecular weight excluding hydrogens is 234 g/mol. The van der Waals surface area contributed by atoms with Crippen LogP contribution in [0, 0.1) is 13.8 Å². The summed E-state index contributed by atoms with van der Waals surface area (Å²) in [6.45, 7) is 13.0. The van der Waals surface area contributed by atoms with Gasteiger partial charge in [0.1, 0.15) is 12.4 Å². The zero-order valence-corrected chi connectivity index (χ0v) is 12.8. The van der Waals surface area contributed by atoms with Crippen molar-refractivity contribution in [2.24, 2.45) is 5.73 Å². The Balaban J connectivity index is 2.82. The van der Waals surface area contributed by atoms with Gasteiger partial charge in [-0.3, -0.25) is 0 Å². The molecule has 1 aromatic rings. The van der Waals surface area contributed by atoms with Crippen molar-refractivity contribution >= 4 is 0 Å². The molecule has 0 saturated carbocycles.